The third-order valence-corrected chi connectivity index (χ3v) is 10.4. The molecule has 2 aromatic carbocycles. The Morgan fingerprint density at radius 3 is 2.08 bits per heavy atom. The van der Waals surface area contributed by atoms with E-state index in [1.807, 2.05) is 0 Å². The zero-order valence-corrected chi connectivity index (χ0v) is 22.8. The zero-order valence-electron chi connectivity index (χ0n) is 22.8. The highest BCUT2D eigenvalue weighted by Crippen LogP contribution is 2.71. The maximum atomic E-state index is 9.86. The maximum absolute atomic E-state index is 9.86. The summed E-state index contributed by atoms with van der Waals surface area (Å²) in [5.74, 6) is 2.49. The first-order valence-corrected chi connectivity index (χ1v) is 13.7. The number of hydrogen-bond donors (Lipinski definition) is 0. The standard InChI is InChI=1S/C34H41NO/c1-23-17-18-26(21-28(23)32(2,3)22-35)36-31-30(27-19-20-34(31,6)33(27,4)5)29(24-13-9-7-10-14-24)25-15-11-8-12-16-25/h7-18,27-31H,19-21H2,1-6H3/t27-,28+,30+,31-,34+/m1/s1. The Labute approximate surface area is 218 Å². The molecule has 2 aromatic rings. The third kappa shape index (κ3) is 3.83. The van der Waals surface area contributed by atoms with Crippen molar-refractivity contribution in [3.05, 3.63) is 95.3 Å². The fourth-order valence-corrected chi connectivity index (χ4v) is 7.88. The molecule has 2 bridgehead atoms. The molecule has 0 amide bonds. The van der Waals surface area contributed by atoms with E-state index in [2.05, 4.69) is 120 Å². The van der Waals surface area contributed by atoms with Crippen LogP contribution < -0.4 is 0 Å². The van der Waals surface area contributed by atoms with Crippen molar-refractivity contribution in [2.75, 3.05) is 0 Å². The van der Waals surface area contributed by atoms with E-state index in [9.17, 15) is 5.26 Å². The van der Waals surface area contributed by atoms with Crippen LogP contribution in [0.4, 0.5) is 0 Å². The molecule has 0 N–H and O–H groups in total. The predicted molar refractivity (Wildman–Crippen MR) is 147 cm³/mol. The quantitative estimate of drug-likeness (QED) is 0.415. The summed E-state index contributed by atoms with van der Waals surface area (Å²) in [7, 11) is 0. The molecule has 5 atom stereocenters. The first-order valence-electron chi connectivity index (χ1n) is 13.7. The molecule has 0 spiro atoms. The number of nitriles is 1. The first kappa shape index (κ1) is 24.9. The van der Waals surface area contributed by atoms with Gasteiger partial charge in [-0.25, -0.2) is 0 Å². The number of hydrogen-bond acceptors (Lipinski definition) is 2. The van der Waals surface area contributed by atoms with Crippen LogP contribution in [0, 0.1) is 45.3 Å². The summed E-state index contributed by atoms with van der Waals surface area (Å²) < 4.78 is 7.19. The number of nitrogens with zero attached hydrogens (tertiary/aromatic N) is 1. The molecular weight excluding hydrogens is 438 g/mol. The van der Waals surface area contributed by atoms with Crippen LogP contribution in [0.2, 0.25) is 0 Å². The van der Waals surface area contributed by atoms with Crippen LogP contribution in [-0.2, 0) is 4.74 Å². The van der Waals surface area contributed by atoms with Crippen LogP contribution in [0.1, 0.15) is 77.8 Å². The maximum Gasteiger partial charge on any atom is 0.108 e. The van der Waals surface area contributed by atoms with E-state index in [1.54, 1.807) is 0 Å². The summed E-state index contributed by atoms with van der Waals surface area (Å²) in [5.41, 5.74) is 3.91. The van der Waals surface area contributed by atoms with Gasteiger partial charge in [-0.05, 0) is 62.1 Å². The number of rotatable bonds is 6. The van der Waals surface area contributed by atoms with E-state index in [-0.39, 0.29) is 28.8 Å². The smallest absolute Gasteiger partial charge is 0.108 e. The van der Waals surface area contributed by atoms with E-state index < -0.39 is 5.41 Å². The molecule has 3 aliphatic rings. The summed E-state index contributed by atoms with van der Waals surface area (Å²) in [5, 5.41) is 9.86. The lowest BCUT2D eigenvalue weighted by Gasteiger charge is -2.43. The molecule has 0 heterocycles. The molecule has 3 aliphatic carbocycles. The fraction of sp³-hybridized carbons (Fsp3) is 0.500. The summed E-state index contributed by atoms with van der Waals surface area (Å²) in [4.78, 5) is 0. The monoisotopic (exact) mass is 479 g/mol. The van der Waals surface area contributed by atoms with Crippen molar-refractivity contribution in [1.82, 2.24) is 0 Å². The van der Waals surface area contributed by atoms with Crippen molar-refractivity contribution in [1.29, 1.82) is 5.26 Å². The largest absolute Gasteiger partial charge is 0.494 e. The topological polar surface area (TPSA) is 33.0 Å². The van der Waals surface area contributed by atoms with E-state index in [0.29, 0.717) is 11.8 Å². The van der Waals surface area contributed by atoms with Gasteiger partial charge in [-0.15, -0.1) is 0 Å². The molecule has 0 aromatic heterocycles. The van der Waals surface area contributed by atoms with Crippen LogP contribution in [0.5, 0.6) is 0 Å². The lowest BCUT2D eigenvalue weighted by molar-refractivity contribution is -0.0435. The van der Waals surface area contributed by atoms with Gasteiger partial charge in [-0.3, -0.25) is 0 Å². The van der Waals surface area contributed by atoms with E-state index >= 15 is 0 Å². The average molecular weight is 480 g/mol. The van der Waals surface area contributed by atoms with Gasteiger partial charge in [-0.2, -0.15) is 5.26 Å². The SMILES string of the molecule is CC1=CC=C(O[C@@H]2[C@H](C(c3ccccc3)c3ccccc3)[C@H]3CC[C@]2(C)C3(C)C)C[C@@H]1C(C)(C)C#N. The lowest BCUT2D eigenvalue weighted by atomic mass is 9.68. The van der Waals surface area contributed by atoms with Crippen molar-refractivity contribution in [3.8, 4) is 6.07 Å². The lowest BCUT2D eigenvalue weighted by Crippen LogP contribution is -2.42. The van der Waals surface area contributed by atoms with Crippen molar-refractivity contribution >= 4 is 0 Å². The van der Waals surface area contributed by atoms with Crippen molar-refractivity contribution in [2.45, 2.75) is 72.8 Å². The van der Waals surface area contributed by atoms with Crippen LogP contribution in [-0.4, -0.2) is 6.10 Å². The molecule has 2 heteroatoms. The first-order chi connectivity index (χ1) is 17.1. The Morgan fingerprint density at radius 1 is 0.944 bits per heavy atom. The minimum absolute atomic E-state index is 0.0986. The molecule has 0 aliphatic heterocycles. The number of fused-ring (bicyclic) bond motifs is 2. The Bertz CT molecular complexity index is 1160. The van der Waals surface area contributed by atoms with Gasteiger partial charge in [0.25, 0.3) is 0 Å². The molecule has 2 nitrogen and oxygen atoms in total. The summed E-state index contributed by atoms with van der Waals surface area (Å²) in [6.07, 6.45) is 7.75. The van der Waals surface area contributed by atoms with E-state index in [4.69, 9.17) is 4.74 Å². The molecule has 0 unspecified atom stereocenters. The third-order valence-electron chi connectivity index (χ3n) is 10.4. The molecule has 0 radical (unpaired) electrons. The predicted octanol–water partition coefficient (Wildman–Crippen LogP) is 8.68. The Balaban J connectivity index is 1.57. The number of allylic oxidation sites excluding steroid dienone is 4. The number of benzene rings is 2. The van der Waals surface area contributed by atoms with Gasteiger partial charge >= 0.3 is 0 Å². The second kappa shape index (κ2) is 8.95. The van der Waals surface area contributed by atoms with Gasteiger partial charge in [-0.1, -0.05) is 93.1 Å². The highest BCUT2D eigenvalue weighted by Gasteiger charge is 2.68. The van der Waals surface area contributed by atoms with Crippen molar-refractivity contribution in [2.24, 2.45) is 34.0 Å². The minimum Gasteiger partial charge on any atom is -0.494 e. The van der Waals surface area contributed by atoms with Crippen LogP contribution in [0.25, 0.3) is 0 Å². The average Bonchev–Trinajstić information content (AvgIpc) is 3.20. The molecule has 2 fully saturated rings. The highest BCUT2D eigenvalue weighted by molar-refractivity contribution is 5.37. The molecule has 2 saturated carbocycles. The minimum atomic E-state index is -0.419. The Morgan fingerprint density at radius 2 is 1.53 bits per heavy atom. The van der Waals surface area contributed by atoms with Crippen LogP contribution in [0.15, 0.2) is 84.1 Å². The fourth-order valence-electron chi connectivity index (χ4n) is 7.88. The summed E-state index contributed by atoms with van der Waals surface area (Å²) in [6, 6.07) is 24.7. The Hall–Kier alpha value is -2.79. The number of ether oxygens (including phenoxy) is 1. The second-order valence-electron chi connectivity index (χ2n) is 12.8. The van der Waals surface area contributed by atoms with E-state index in [0.717, 1.165) is 12.2 Å². The van der Waals surface area contributed by atoms with Gasteiger partial charge in [0.15, 0.2) is 0 Å². The molecule has 5 rings (SSSR count). The van der Waals surface area contributed by atoms with E-state index in [1.165, 1.54) is 29.5 Å². The van der Waals surface area contributed by atoms with Crippen LogP contribution in [0.3, 0.4) is 0 Å². The van der Waals surface area contributed by atoms with Gasteiger partial charge in [0.1, 0.15) is 6.10 Å². The van der Waals surface area contributed by atoms with Gasteiger partial charge in [0.2, 0.25) is 0 Å². The highest BCUT2D eigenvalue weighted by atomic mass is 16.5. The summed E-state index contributed by atoms with van der Waals surface area (Å²) >= 11 is 0. The molecule has 0 saturated heterocycles. The van der Waals surface area contributed by atoms with Crippen molar-refractivity contribution < 1.29 is 4.74 Å². The molecular formula is C34H41NO. The van der Waals surface area contributed by atoms with Gasteiger partial charge in [0.05, 0.1) is 17.2 Å². The molecule has 188 valence electrons. The Kier molecular flexibility index (Phi) is 6.19. The van der Waals surface area contributed by atoms with Crippen molar-refractivity contribution in [3.63, 3.8) is 0 Å². The summed E-state index contributed by atoms with van der Waals surface area (Å²) in [6.45, 7) is 13.7. The van der Waals surface area contributed by atoms with Crippen LogP contribution >= 0.6 is 0 Å². The molecule has 36 heavy (non-hydrogen) atoms. The normalized spacial score (nSPS) is 31.1. The zero-order chi connectivity index (χ0) is 25.7. The van der Waals surface area contributed by atoms with Gasteiger partial charge in [0, 0.05) is 29.6 Å². The second-order valence-corrected chi connectivity index (χ2v) is 12.8. The van der Waals surface area contributed by atoms with Gasteiger partial charge < -0.3 is 4.74 Å².